The van der Waals surface area contributed by atoms with Crippen molar-refractivity contribution in [2.75, 3.05) is 32.7 Å². The molecule has 3 saturated heterocycles. The van der Waals surface area contributed by atoms with Gasteiger partial charge in [-0.3, -0.25) is 14.4 Å². The fraction of sp³-hybridized carbons (Fsp3) is 0.351. The Bertz CT molecular complexity index is 1640. The van der Waals surface area contributed by atoms with Crippen LogP contribution in [0.1, 0.15) is 46.3 Å². The van der Waals surface area contributed by atoms with Crippen LogP contribution in [-0.2, 0) is 29.1 Å². The molecule has 5 amide bonds. The number of phenols is 1. The zero-order valence-corrected chi connectivity index (χ0v) is 27.0. The van der Waals surface area contributed by atoms with Crippen LogP contribution in [0, 0.1) is 0 Å². The van der Waals surface area contributed by atoms with Gasteiger partial charge in [-0.2, -0.15) is 0 Å². The van der Waals surface area contributed by atoms with Crippen molar-refractivity contribution in [1.29, 1.82) is 0 Å². The lowest BCUT2D eigenvalue weighted by Crippen LogP contribution is -2.76. The molecule has 3 aromatic rings. The summed E-state index contributed by atoms with van der Waals surface area (Å²) in [5.41, 5.74) is 3.05. The first-order valence-corrected chi connectivity index (χ1v) is 16.5. The molecule has 3 aliphatic rings. The van der Waals surface area contributed by atoms with Crippen molar-refractivity contribution in [3.63, 3.8) is 0 Å². The Morgan fingerprint density at radius 2 is 1.62 bits per heavy atom. The Labute approximate surface area is 281 Å². The average molecular weight is 651 g/mol. The van der Waals surface area contributed by atoms with E-state index in [1.807, 2.05) is 53.4 Å². The Hall–Kier alpha value is -5.16. The number of urea groups is 1. The minimum absolute atomic E-state index is 0.0166. The quantitative estimate of drug-likeness (QED) is 0.341. The summed E-state index contributed by atoms with van der Waals surface area (Å²) in [5.74, 6) is -0.429. The highest BCUT2D eigenvalue weighted by molar-refractivity contribution is 5.95. The second-order valence-electron chi connectivity index (χ2n) is 12.6. The highest BCUT2D eigenvalue weighted by Crippen LogP contribution is 2.30. The maximum absolute atomic E-state index is 14.3. The molecule has 2 atom stereocenters. The van der Waals surface area contributed by atoms with E-state index in [1.54, 1.807) is 56.2 Å². The minimum Gasteiger partial charge on any atom is -0.508 e. The molecule has 0 aliphatic carbocycles. The molecule has 11 heteroatoms. The number of nitrogens with zero attached hydrogens (tertiary/aromatic N) is 5. The highest BCUT2D eigenvalue weighted by Gasteiger charge is 2.51. The van der Waals surface area contributed by atoms with Crippen LogP contribution in [0.4, 0.5) is 4.79 Å². The fourth-order valence-corrected chi connectivity index (χ4v) is 6.86. The molecule has 0 aromatic heterocycles. The number of hydrogen-bond donors (Lipinski definition) is 2. The third-order valence-electron chi connectivity index (χ3n) is 9.22. The van der Waals surface area contributed by atoms with Gasteiger partial charge in [0.15, 0.2) is 0 Å². The summed E-state index contributed by atoms with van der Waals surface area (Å²) in [4.78, 5) is 60.5. The van der Waals surface area contributed by atoms with Crippen molar-refractivity contribution in [2.45, 2.75) is 51.0 Å². The van der Waals surface area contributed by atoms with Crippen molar-refractivity contribution in [3.8, 4) is 5.75 Å². The second-order valence-corrected chi connectivity index (χ2v) is 12.6. The number of aromatic hydroxyl groups is 1. The minimum atomic E-state index is -0.894. The van der Waals surface area contributed by atoms with Gasteiger partial charge in [0.1, 0.15) is 18.0 Å². The molecule has 3 aliphatic heterocycles. The van der Waals surface area contributed by atoms with E-state index in [4.69, 9.17) is 0 Å². The van der Waals surface area contributed by atoms with Crippen LogP contribution in [0.5, 0.6) is 5.75 Å². The molecule has 11 nitrogen and oxygen atoms in total. The number of hydrogen-bond acceptors (Lipinski definition) is 6. The molecular weight excluding hydrogens is 608 g/mol. The summed E-state index contributed by atoms with van der Waals surface area (Å²) in [6.45, 7) is 6.05. The number of piperazine rings is 1. The second kappa shape index (κ2) is 14.7. The monoisotopic (exact) mass is 650 g/mol. The number of benzene rings is 3. The summed E-state index contributed by atoms with van der Waals surface area (Å²) in [6, 6.07) is 22.2. The summed E-state index contributed by atoms with van der Waals surface area (Å²) < 4.78 is 0. The van der Waals surface area contributed by atoms with Gasteiger partial charge in [-0.1, -0.05) is 60.7 Å². The van der Waals surface area contributed by atoms with Crippen molar-refractivity contribution in [1.82, 2.24) is 30.0 Å². The summed E-state index contributed by atoms with van der Waals surface area (Å²) in [7, 11) is 0. The number of carbonyl (C=O) groups is 4. The normalized spacial score (nSPS) is 20.0. The van der Waals surface area contributed by atoms with Crippen LogP contribution in [0.2, 0.25) is 0 Å². The number of nitrogens with one attached hydrogen (secondary N) is 1. The van der Waals surface area contributed by atoms with Gasteiger partial charge < -0.3 is 25.1 Å². The van der Waals surface area contributed by atoms with E-state index in [-0.39, 0.29) is 62.6 Å². The van der Waals surface area contributed by atoms with Crippen LogP contribution in [-0.4, -0.2) is 98.5 Å². The van der Waals surface area contributed by atoms with Crippen LogP contribution in [0.3, 0.4) is 0 Å². The summed E-state index contributed by atoms with van der Waals surface area (Å²) in [5, 5.41) is 16.1. The van der Waals surface area contributed by atoms with Gasteiger partial charge in [0, 0.05) is 44.7 Å². The number of hydrazine groups is 1. The van der Waals surface area contributed by atoms with Gasteiger partial charge in [0.2, 0.25) is 11.8 Å². The first-order valence-electron chi connectivity index (χ1n) is 16.5. The van der Waals surface area contributed by atoms with Crippen molar-refractivity contribution >= 4 is 23.8 Å². The molecule has 6 rings (SSSR count). The summed E-state index contributed by atoms with van der Waals surface area (Å²) in [6.07, 6.45) is 4.16. The number of piperidine rings is 1. The molecule has 250 valence electrons. The fourth-order valence-electron chi connectivity index (χ4n) is 6.86. The number of amides is 5. The standard InChI is InChI=1S/C37H42N6O5/c1-2-18-41-26-34(45)42-32(22-27-14-16-31(44)17-15-27)36(47)40(25-33(42)43(41)37(48)38-23-28-10-5-3-6-11-28)24-29-12-9-13-30(21-29)35(46)39-19-7-4-8-20-39/h2-3,5-6,9-17,21,32-33,44H,1,4,7-8,18-20,22-26H2,(H,38,48)/t32-,33-/m0/s1. The molecule has 3 fully saturated rings. The topological polar surface area (TPSA) is 117 Å². The molecule has 3 heterocycles. The molecule has 3 aromatic carbocycles. The molecule has 0 radical (unpaired) electrons. The Morgan fingerprint density at radius 1 is 0.896 bits per heavy atom. The lowest BCUT2D eigenvalue weighted by molar-refractivity contribution is -0.189. The van der Waals surface area contributed by atoms with Crippen LogP contribution in [0.25, 0.3) is 0 Å². The van der Waals surface area contributed by atoms with E-state index < -0.39 is 18.2 Å². The van der Waals surface area contributed by atoms with Crippen molar-refractivity contribution in [2.24, 2.45) is 0 Å². The number of rotatable bonds is 9. The van der Waals surface area contributed by atoms with Gasteiger partial charge in [0.05, 0.1) is 13.1 Å². The number of fused-ring (bicyclic) bond motifs is 1. The SMILES string of the molecule is C=CCN1CC(=O)N2[C@@H](Cc3ccc(O)cc3)C(=O)N(Cc3cccc(C(=O)N4CCCCC4)c3)C[C@@H]2N1C(=O)NCc1ccccc1. The van der Waals surface area contributed by atoms with Gasteiger partial charge in [-0.05, 0) is 60.2 Å². The van der Waals surface area contributed by atoms with Crippen LogP contribution < -0.4 is 5.32 Å². The maximum Gasteiger partial charge on any atom is 0.334 e. The lowest BCUT2D eigenvalue weighted by atomic mass is 9.98. The molecule has 0 saturated carbocycles. The van der Waals surface area contributed by atoms with E-state index in [0.717, 1.165) is 49.0 Å². The largest absolute Gasteiger partial charge is 0.508 e. The van der Waals surface area contributed by atoms with Crippen LogP contribution >= 0.6 is 0 Å². The maximum atomic E-state index is 14.3. The first kappa shape index (κ1) is 32.8. The Kier molecular flexibility index (Phi) is 10.1. The van der Waals surface area contributed by atoms with Crippen LogP contribution in [0.15, 0.2) is 91.5 Å². The van der Waals surface area contributed by atoms with Crippen molar-refractivity contribution < 1.29 is 24.3 Å². The van der Waals surface area contributed by atoms with Crippen molar-refractivity contribution in [3.05, 3.63) is 114 Å². The Morgan fingerprint density at radius 3 is 2.35 bits per heavy atom. The van der Waals surface area contributed by atoms with E-state index in [9.17, 15) is 24.3 Å². The molecule has 0 spiro atoms. The lowest BCUT2D eigenvalue weighted by Gasteiger charge is -2.55. The number of likely N-dealkylation sites (tertiary alicyclic amines) is 1. The van der Waals surface area contributed by atoms with E-state index in [1.165, 1.54) is 0 Å². The third kappa shape index (κ3) is 7.21. The van der Waals surface area contributed by atoms with E-state index in [0.29, 0.717) is 5.56 Å². The molecule has 48 heavy (non-hydrogen) atoms. The van der Waals surface area contributed by atoms with Gasteiger partial charge >= 0.3 is 6.03 Å². The molecular formula is C37H42N6O5. The zero-order chi connectivity index (χ0) is 33.6. The van der Waals surface area contributed by atoms with Gasteiger partial charge in [0.25, 0.3) is 5.91 Å². The number of carbonyl (C=O) groups excluding carboxylic acids is 4. The van der Waals surface area contributed by atoms with E-state index >= 15 is 0 Å². The van der Waals surface area contributed by atoms with Gasteiger partial charge in [-0.15, -0.1) is 6.58 Å². The van der Waals surface area contributed by atoms with E-state index in [2.05, 4.69) is 11.9 Å². The highest BCUT2D eigenvalue weighted by atomic mass is 16.3. The zero-order valence-electron chi connectivity index (χ0n) is 27.0. The third-order valence-corrected chi connectivity index (χ3v) is 9.22. The molecule has 0 bridgehead atoms. The number of phenolic OH excluding ortho intramolecular Hbond substituents is 1. The summed E-state index contributed by atoms with van der Waals surface area (Å²) >= 11 is 0. The first-order chi connectivity index (χ1) is 23.3. The predicted octanol–water partition coefficient (Wildman–Crippen LogP) is 3.75. The Balaban J connectivity index is 1.31. The predicted molar refractivity (Wildman–Crippen MR) is 180 cm³/mol. The molecule has 0 unspecified atom stereocenters. The average Bonchev–Trinajstić information content (AvgIpc) is 3.10. The van der Waals surface area contributed by atoms with Gasteiger partial charge in [-0.25, -0.2) is 14.8 Å². The molecule has 2 N–H and O–H groups in total. The smallest absolute Gasteiger partial charge is 0.334 e.